The van der Waals surface area contributed by atoms with Crippen LogP contribution in [0, 0.1) is 41.5 Å². The van der Waals surface area contributed by atoms with Crippen molar-refractivity contribution in [3.8, 4) is 11.5 Å². The molecule has 1 aliphatic heterocycles. The predicted molar refractivity (Wildman–Crippen MR) is 276 cm³/mol. The Labute approximate surface area is 403 Å². The van der Waals surface area contributed by atoms with Crippen LogP contribution >= 0.6 is 0 Å². The summed E-state index contributed by atoms with van der Waals surface area (Å²) in [5.74, 6) is 2.01. The molecule has 6 aromatic rings. The fourth-order valence-electron chi connectivity index (χ4n) is 8.18. The number of benzene rings is 6. The van der Waals surface area contributed by atoms with E-state index in [0.717, 1.165) is 34.0 Å². The number of nitrogens with zero attached hydrogens (tertiary/aromatic N) is 2. The molecule has 0 N–H and O–H groups in total. The van der Waals surface area contributed by atoms with Crippen LogP contribution in [0.1, 0.15) is 111 Å². The van der Waals surface area contributed by atoms with E-state index in [1.54, 1.807) is 0 Å². The Balaban J connectivity index is 0.000000491. The molecular formula is C57H72HfN2OSi2. The summed E-state index contributed by atoms with van der Waals surface area (Å²) in [6.07, 6.45) is 0. The first-order chi connectivity index (χ1) is 28.7. The van der Waals surface area contributed by atoms with E-state index in [2.05, 4.69) is 184 Å². The fourth-order valence-corrected chi connectivity index (χ4v) is 12.5. The zero-order valence-corrected chi connectivity index (χ0v) is 46.9. The Hall–Kier alpha value is -4.24. The molecule has 1 aliphatic rings. The van der Waals surface area contributed by atoms with Gasteiger partial charge in [0.25, 0.3) is 0 Å². The van der Waals surface area contributed by atoms with Gasteiger partial charge in [0, 0.05) is 16.5 Å². The molecule has 0 saturated heterocycles. The van der Waals surface area contributed by atoms with Crippen LogP contribution in [-0.2, 0) is 42.1 Å². The normalized spacial score (nSPS) is 13.0. The Morgan fingerprint density at radius 1 is 0.476 bits per heavy atom. The Morgan fingerprint density at radius 2 is 0.778 bits per heavy atom. The van der Waals surface area contributed by atoms with E-state index < -0.39 is 16.5 Å². The van der Waals surface area contributed by atoms with Crippen molar-refractivity contribution in [3.63, 3.8) is 0 Å². The smallest absolute Gasteiger partial charge is 0.683 e. The molecule has 0 bridgehead atoms. The fraction of sp³-hybridized carbons (Fsp3) is 0.333. The van der Waals surface area contributed by atoms with Crippen molar-refractivity contribution in [2.45, 2.75) is 126 Å². The van der Waals surface area contributed by atoms with Gasteiger partial charge in [-0.1, -0.05) is 177 Å². The van der Waals surface area contributed by atoms with E-state index in [-0.39, 0.29) is 42.1 Å². The molecule has 6 aromatic carbocycles. The van der Waals surface area contributed by atoms with Gasteiger partial charge < -0.3 is 14.7 Å². The molecule has 0 spiro atoms. The second-order valence-corrected chi connectivity index (χ2v) is 28.8. The van der Waals surface area contributed by atoms with Gasteiger partial charge >= 0.3 is 25.8 Å². The molecule has 0 atom stereocenters. The van der Waals surface area contributed by atoms with Crippen LogP contribution in [0.15, 0.2) is 121 Å². The molecule has 0 unspecified atom stereocenters. The Bertz CT molecular complexity index is 2280. The van der Waals surface area contributed by atoms with Crippen molar-refractivity contribution >= 4 is 38.2 Å². The summed E-state index contributed by atoms with van der Waals surface area (Å²) >= 11 is 0. The number of aryl methyl sites for hydroxylation is 4. The third-order valence-corrected chi connectivity index (χ3v) is 16.7. The van der Waals surface area contributed by atoms with Crippen LogP contribution in [0.3, 0.4) is 0 Å². The maximum absolute atomic E-state index is 7.40. The minimum absolute atomic E-state index is 0. The topological polar surface area (TPSA) is 37.4 Å². The van der Waals surface area contributed by atoms with Crippen molar-refractivity contribution in [2.24, 2.45) is 0 Å². The number of hydrogen-bond acceptors (Lipinski definition) is 1. The molecular weight excluding hydrogens is 963 g/mol. The number of ether oxygens (including phenoxy) is 1. The molecule has 63 heavy (non-hydrogen) atoms. The summed E-state index contributed by atoms with van der Waals surface area (Å²) in [4.78, 5) is 11.1. The Morgan fingerprint density at radius 3 is 1.03 bits per heavy atom. The monoisotopic (exact) mass is 1040 g/mol. The molecule has 7 rings (SSSR count). The van der Waals surface area contributed by atoms with Crippen molar-refractivity contribution < 1.29 is 30.6 Å². The third kappa shape index (κ3) is 13.0. The number of rotatable bonds is 6. The first kappa shape index (κ1) is 51.4. The van der Waals surface area contributed by atoms with E-state index in [9.17, 15) is 0 Å². The van der Waals surface area contributed by atoms with Gasteiger partial charge in [0.05, 0.1) is 0 Å². The summed E-state index contributed by atoms with van der Waals surface area (Å²) in [5, 5.41) is 2.53. The minimum Gasteiger partial charge on any atom is -0.683 e. The summed E-state index contributed by atoms with van der Waals surface area (Å²) in [7, 11) is -4.86. The summed E-state index contributed by atoms with van der Waals surface area (Å²) in [5.41, 5.74) is 14.1. The van der Waals surface area contributed by atoms with E-state index >= 15 is 0 Å². The largest absolute Gasteiger partial charge is 4.00 e. The van der Waals surface area contributed by atoms with E-state index in [1.807, 2.05) is 60.7 Å². The van der Waals surface area contributed by atoms with Crippen LogP contribution in [0.2, 0.25) is 26.2 Å². The van der Waals surface area contributed by atoms with Gasteiger partial charge in [-0.05, 0) is 76.5 Å². The SMILES string of the molecule is Cc1cc(C)cc([N-][Si](C)(C)c2cc(C(C)(C)C)cc3c2Oc2c(cc(C(C)(C)C)cc2[Si](C)(C)[N-]c2cc(C)cc(C)c2)C3(C)C)c1.[CH2-]c1ccccc1.[CH2-]c1ccccc1.[Hf+4]. The number of hydrogen-bond donors (Lipinski definition) is 0. The molecule has 6 heteroatoms. The van der Waals surface area contributed by atoms with Gasteiger partial charge in [0.1, 0.15) is 11.5 Å². The van der Waals surface area contributed by atoms with Crippen molar-refractivity contribution in [3.05, 3.63) is 201 Å². The van der Waals surface area contributed by atoms with Crippen LogP contribution in [-0.4, -0.2) is 16.5 Å². The molecule has 0 amide bonds. The van der Waals surface area contributed by atoms with Crippen LogP contribution < -0.4 is 15.1 Å². The van der Waals surface area contributed by atoms with E-state index in [1.165, 1.54) is 54.9 Å². The minimum atomic E-state index is -2.43. The Kier molecular flexibility index (Phi) is 16.2. The maximum atomic E-state index is 7.40. The van der Waals surface area contributed by atoms with Gasteiger partial charge in [-0.25, -0.2) is 0 Å². The summed E-state index contributed by atoms with van der Waals surface area (Å²) < 4.78 is 7.40. The van der Waals surface area contributed by atoms with E-state index in [4.69, 9.17) is 14.7 Å². The zero-order chi connectivity index (χ0) is 46.0. The van der Waals surface area contributed by atoms with Crippen LogP contribution in [0.25, 0.3) is 9.96 Å². The third-order valence-electron chi connectivity index (χ3n) is 11.7. The molecule has 0 aromatic heterocycles. The predicted octanol–water partition coefficient (Wildman–Crippen LogP) is 15.9. The molecule has 3 nitrogen and oxygen atoms in total. The standard InChI is InChI=1S/C43H58N2OSi2.2C7H7.Hf/c1-27-17-28(2)20-33(19-27)44-47(13,14)37-25-31(41(5,6)7)23-35-39(37)46-40-36(43(35,11)12)24-32(42(8,9)10)26-38(40)48(15,16)45-34-21-29(3)18-30(4)22-34;2*1-7-5-3-2-4-6-7;/h17-26H,1-16H3;2*2-6H,1H2;/q-2;2*-1;+4. The van der Waals surface area contributed by atoms with Gasteiger partial charge in [-0.2, -0.15) is 49.2 Å². The van der Waals surface area contributed by atoms with Crippen LogP contribution in [0.4, 0.5) is 11.4 Å². The van der Waals surface area contributed by atoms with Crippen molar-refractivity contribution in [1.82, 2.24) is 0 Å². The van der Waals surface area contributed by atoms with Gasteiger partial charge in [0.2, 0.25) is 0 Å². The molecule has 0 aliphatic carbocycles. The summed E-state index contributed by atoms with van der Waals surface area (Å²) in [6, 6.07) is 42.8. The molecule has 328 valence electrons. The molecule has 0 radical (unpaired) electrons. The van der Waals surface area contributed by atoms with Crippen molar-refractivity contribution in [1.29, 1.82) is 0 Å². The maximum Gasteiger partial charge on any atom is 4.00 e. The van der Waals surface area contributed by atoms with Gasteiger partial charge in [-0.15, -0.1) is 35.6 Å². The first-order valence-corrected chi connectivity index (χ1v) is 28.0. The summed E-state index contributed by atoms with van der Waals surface area (Å²) in [6.45, 7) is 44.3. The quantitative estimate of drug-likeness (QED) is 0.121. The average molecular weight is 1040 g/mol. The molecule has 0 saturated carbocycles. The second kappa shape index (κ2) is 19.9. The average Bonchev–Trinajstić information content (AvgIpc) is 3.13. The van der Waals surface area contributed by atoms with Gasteiger partial charge in [0.15, 0.2) is 0 Å². The molecule has 1 heterocycles. The second-order valence-electron chi connectivity index (χ2n) is 21.0. The zero-order valence-electron chi connectivity index (χ0n) is 41.3. The van der Waals surface area contributed by atoms with Crippen molar-refractivity contribution in [2.75, 3.05) is 0 Å². The van der Waals surface area contributed by atoms with Crippen LogP contribution in [0.5, 0.6) is 11.5 Å². The first-order valence-electron chi connectivity index (χ1n) is 22.1. The number of fused-ring (bicyclic) bond motifs is 2. The molecule has 0 fully saturated rings. The van der Waals surface area contributed by atoms with E-state index in [0.29, 0.717) is 0 Å². The van der Waals surface area contributed by atoms with Gasteiger partial charge in [-0.3, -0.25) is 0 Å².